The summed E-state index contributed by atoms with van der Waals surface area (Å²) in [5.74, 6) is -0.431. The number of likely N-dealkylation sites (N-methyl/N-ethyl adjacent to an activating group) is 1. The number of amides is 1. The van der Waals surface area contributed by atoms with Crippen molar-refractivity contribution in [3.05, 3.63) is 59.7 Å². The number of anilines is 1. The molecule has 26 heavy (non-hydrogen) atoms. The van der Waals surface area contributed by atoms with Crippen molar-refractivity contribution >= 4 is 11.6 Å². The lowest BCUT2D eigenvalue weighted by atomic mass is 10.1. The highest BCUT2D eigenvalue weighted by molar-refractivity contribution is 5.93. The van der Waals surface area contributed by atoms with Crippen molar-refractivity contribution < 1.29 is 9.18 Å². The number of aromatic nitrogens is 1. The zero-order valence-electron chi connectivity index (χ0n) is 15.1. The number of nitrogens with one attached hydrogen (secondary N) is 1. The zero-order chi connectivity index (χ0) is 18.4. The minimum Gasteiger partial charge on any atom is -0.369 e. The largest absolute Gasteiger partial charge is 0.369 e. The van der Waals surface area contributed by atoms with E-state index in [1.54, 1.807) is 18.3 Å². The molecule has 0 bridgehead atoms. The minimum atomic E-state index is -0.251. The van der Waals surface area contributed by atoms with Gasteiger partial charge >= 0.3 is 0 Å². The quantitative estimate of drug-likeness (QED) is 0.863. The second-order valence-electron chi connectivity index (χ2n) is 6.45. The first-order valence-corrected chi connectivity index (χ1v) is 9.11. The molecule has 1 aliphatic rings. The maximum Gasteiger partial charge on any atom is 0.269 e. The molecule has 0 atom stereocenters. The van der Waals surface area contributed by atoms with Gasteiger partial charge in [-0.25, -0.2) is 4.39 Å². The molecule has 1 fully saturated rings. The monoisotopic (exact) mass is 356 g/mol. The predicted molar refractivity (Wildman–Crippen MR) is 101 cm³/mol. The van der Waals surface area contributed by atoms with E-state index in [9.17, 15) is 9.18 Å². The number of rotatable bonds is 6. The van der Waals surface area contributed by atoms with Crippen LogP contribution in [0.25, 0.3) is 0 Å². The first kappa shape index (κ1) is 18.3. The Morgan fingerprint density at radius 3 is 2.58 bits per heavy atom. The van der Waals surface area contributed by atoms with Crippen LogP contribution in [-0.2, 0) is 6.42 Å². The van der Waals surface area contributed by atoms with Crippen LogP contribution in [0, 0.1) is 5.82 Å². The summed E-state index contributed by atoms with van der Waals surface area (Å²) in [6.45, 7) is 7.75. The zero-order valence-corrected chi connectivity index (χ0v) is 15.1. The molecule has 1 aromatic carbocycles. The summed E-state index contributed by atoms with van der Waals surface area (Å²) in [6.07, 6.45) is 2.35. The smallest absolute Gasteiger partial charge is 0.269 e. The Hall–Kier alpha value is -2.47. The molecular formula is C20H25FN4O. The number of nitrogens with zero attached hydrogens (tertiary/aromatic N) is 3. The molecule has 5 nitrogen and oxygen atoms in total. The maximum absolute atomic E-state index is 12.9. The van der Waals surface area contributed by atoms with Crippen LogP contribution >= 0.6 is 0 Å². The van der Waals surface area contributed by atoms with Crippen LogP contribution in [0.3, 0.4) is 0 Å². The molecule has 1 aromatic heterocycles. The maximum atomic E-state index is 12.9. The van der Waals surface area contributed by atoms with Gasteiger partial charge in [0.1, 0.15) is 11.5 Å². The number of carbonyl (C=O) groups is 1. The van der Waals surface area contributed by atoms with Gasteiger partial charge in [0.05, 0.1) is 0 Å². The summed E-state index contributed by atoms with van der Waals surface area (Å²) in [4.78, 5) is 21.3. The fourth-order valence-corrected chi connectivity index (χ4v) is 3.12. The van der Waals surface area contributed by atoms with E-state index in [2.05, 4.69) is 27.0 Å². The lowest BCUT2D eigenvalue weighted by Gasteiger charge is -2.35. The lowest BCUT2D eigenvalue weighted by molar-refractivity contribution is 0.0949. The SMILES string of the molecule is CCN1CCN(c2ccnc(C(=O)NCCc3ccc(F)cc3)c2)CC1. The molecule has 0 aliphatic carbocycles. The van der Waals surface area contributed by atoms with Crippen LogP contribution < -0.4 is 10.2 Å². The standard InChI is InChI=1S/C20H25FN4O/c1-2-24-11-13-25(14-12-24)18-8-10-22-19(15-18)20(26)23-9-7-16-3-5-17(21)6-4-16/h3-6,8,10,15H,2,7,9,11-14H2,1H3,(H,23,26). The number of hydrogen-bond donors (Lipinski definition) is 1. The molecule has 0 radical (unpaired) electrons. The van der Waals surface area contributed by atoms with Crippen molar-refractivity contribution in [1.82, 2.24) is 15.2 Å². The summed E-state index contributed by atoms with van der Waals surface area (Å²) in [7, 11) is 0. The van der Waals surface area contributed by atoms with E-state index in [0.29, 0.717) is 18.7 Å². The third kappa shape index (κ3) is 4.79. The van der Waals surface area contributed by atoms with E-state index in [-0.39, 0.29) is 11.7 Å². The van der Waals surface area contributed by atoms with E-state index < -0.39 is 0 Å². The van der Waals surface area contributed by atoms with Crippen molar-refractivity contribution in [3.8, 4) is 0 Å². The van der Waals surface area contributed by atoms with Crippen molar-refractivity contribution in [1.29, 1.82) is 0 Å². The fourth-order valence-electron chi connectivity index (χ4n) is 3.12. The summed E-state index contributed by atoms with van der Waals surface area (Å²) < 4.78 is 12.9. The van der Waals surface area contributed by atoms with Crippen LogP contribution in [0.2, 0.25) is 0 Å². The summed E-state index contributed by atoms with van der Waals surface area (Å²) >= 11 is 0. The Balaban J connectivity index is 1.53. The summed E-state index contributed by atoms with van der Waals surface area (Å²) in [5, 5.41) is 2.89. The van der Waals surface area contributed by atoms with Crippen LogP contribution in [0.1, 0.15) is 23.0 Å². The topological polar surface area (TPSA) is 48.5 Å². The minimum absolute atomic E-state index is 0.179. The van der Waals surface area contributed by atoms with Gasteiger partial charge in [0.25, 0.3) is 5.91 Å². The second kappa shape index (κ2) is 8.76. The third-order valence-electron chi connectivity index (χ3n) is 4.77. The Morgan fingerprint density at radius 2 is 1.88 bits per heavy atom. The third-order valence-corrected chi connectivity index (χ3v) is 4.77. The Kier molecular flexibility index (Phi) is 6.17. The lowest BCUT2D eigenvalue weighted by Crippen LogP contribution is -2.46. The molecule has 1 saturated heterocycles. The molecule has 1 N–H and O–H groups in total. The van der Waals surface area contributed by atoms with Crippen molar-refractivity contribution in [2.24, 2.45) is 0 Å². The van der Waals surface area contributed by atoms with Gasteiger partial charge in [-0.05, 0) is 42.8 Å². The molecule has 0 unspecified atom stereocenters. The Labute approximate surface area is 153 Å². The first-order chi connectivity index (χ1) is 12.7. The Bertz CT molecular complexity index is 727. The van der Waals surface area contributed by atoms with Gasteiger partial charge in [0, 0.05) is 44.6 Å². The van der Waals surface area contributed by atoms with Crippen molar-refractivity contribution in [2.75, 3.05) is 44.2 Å². The Morgan fingerprint density at radius 1 is 1.15 bits per heavy atom. The van der Waals surface area contributed by atoms with Gasteiger partial charge < -0.3 is 15.1 Å². The van der Waals surface area contributed by atoms with Gasteiger partial charge in [-0.15, -0.1) is 0 Å². The van der Waals surface area contributed by atoms with Crippen molar-refractivity contribution in [2.45, 2.75) is 13.3 Å². The molecule has 3 rings (SSSR count). The van der Waals surface area contributed by atoms with Crippen LogP contribution in [-0.4, -0.2) is 55.1 Å². The van der Waals surface area contributed by atoms with Gasteiger partial charge in [-0.3, -0.25) is 9.78 Å². The number of benzene rings is 1. The molecule has 138 valence electrons. The van der Waals surface area contributed by atoms with Crippen LogP contribution in [0.15, 0.2) is 42.6 Å². The molecule has 1 amide bonds. The van der Waals surface area contributed by atoms with E-state index in [1.807, 2.05) is 12.1 Å². The highest BCUT2D eigenvalue weighted by atomic mass is 19.1. The summed E-state index contributed by atoms with van der Waals surface area (Å²) in [5.41, 5.74) is 2.46. The summed E-state index contributed by atoms with van der Waals surface area (Å²) in [6, 6.07) is 10.1. The molecule has 1 aliphatic heterocycles. The molecular weight excluding hydrogens is 331 g/mol. The molecule has 2 aromatic rings. The van der Waals surface area contributed by atoms with Crippen LogP contribution in [0.5, 0.6) is 0 Å². The highest BCUT2D eigenvalue weighted by Crippen LogP contribution is 2.17. The number of hydrogen-bond acceptors (Lipinski definition) is 4. The van der Waals surface area contributed by atoms with E-state index in [4.69, 9.17) is 0 Å². The van der Waals surface area contributed by atoms with Gasteiger partial charge in [-0.1, -0.05) is 19.1 Å². The first-order valence-electron chi connectivity index (χ1n) is 9.11. The highest BCUT2D eigenvalue weighted by Gasteiger charge is 2.17. The van der Waals surface area contributed by atoms with E-state index in [1.165, 1.54) is 12.1 Å². The predicted octanol–water partition coefficient (Wildman–Crippen LogP) is 2.34. The molecule has 0 spiro atoms. The van der Waals surface area contributed by atoms with Gasteiger partial charge in [0.2, 0.25) is 0 Å². The fraction of sp³-hybridized carbons (Fsp3) is 0.400. The van der Waals surface area contributed by atoms with E-state index >= 15 is 0 Å². The molecule has 2 heterocycles. The number of pyridine rings is 1. The number of carbonyl (C=O) groups excluding carboxylic acids is 1. The number of piperazine rings is 1. The normalized spacial score (nSPS) is 15.1. The van der Waals surface area contributed by atoms with Gasteiger partial charge in [0.15, 0.2) is 0 Å². The average molecular weight is 356 g/mol. The molecule has 0 saturated carbocycles. The van der Waals surface area contributed by atoms with Gasteiger partial charge in [-0.2, -0.15) is 0 Å². The van der Waals surface area contributed by atoms with Crippen LogP contribution in [0.4, 0.5) is 10.1 Å². The van der Waals surface area contributed by atoms with Crippen molar-refractivity contribution in [3.63, 3.8) is 0 Å². The average Bonchev–Trinajstić information content (AvgIpc) is 2.69. The van der Waals surface area contributed by atoms with E-state index in [0.717, 1.165) is 44.0 Å². The molecule has 6 heteroatoms. The second-order valence-corrected chi connectivity index (χ2v) is 6.45. The number of halogens is 1.